The monoisotopic (exact) mass is 181 g/mol. The largest absolute Gasteiger partial charge is 0.353 e. The van der Waals surface area contributed by atoms with Gasteiger partial charge in [0.1, 0.15) is 0 Å². The molecule has 0 amide bonds. The highest BCUT2D eigenvalue weighted by atomic mass is 15.2. The van der Waals surface area contributed by atoms with Crippen LogP contribution < -0.4 is 10.6 Å². The van der Waals surface area contributed by atoms with Gasteiger partial charge in [0.15, 0.2) is 5.96 Å². The maximum Gasteiger partial charge on any atom is 0.191 e. The molecule has 2 aliphatic rings. The van der Waals surface area contributed by atoms with E-state index in [1.54, 1.807) is 0 Å². The molecule has 3 nitrogen and oxygen atoms in total. The molecule has 0 aromatic heterocycles. The molecule has 13 heavy (non-hydrogen) atoms. The first-order valence-corrected chi connectivity index (χ1v) is 5.33. The van der Waals surface area contributed by atoms with Crippen LogP contribution in [0.5, 0.6) is 0 Å². The Hall–Kier alpha value is -0.730. The van der Waals surface area contributed by atoms with Gasteiger partial charge < -0.3 is 10.6 Å². The van der Waals surface area contributed by atoms with E-state index < -0.39 is 0 Å². The van der Waals surface area contributed by atoms with E-state index in [0.29, 0.717) is 12.1 Å². The molecule has 0 aromatic carbocycles. The Morgan fingerprint density at radius 1 is 1.38 bits per heavy atom. The Morgan fingerprint density at radius 3 is 2.77 bits per heavy atom. The SMILES string of the molecule is CC1CN=C(NC2CCCC2C)N1. The zero-order valence-corrected chi connectivity index (χ0v) is 8.51. The van der Waals surface area contributed by atoms with E-state index in [-0.39, 0.29) is 0 Å². The molecule has 3 atom stereocenters. The van der Waals surface area contributed by atoms with Gasteiger partial charge in [-0.05, 0) is 25.7 Å². The van der Waals surface area contributed by atoms with E-state index in [1.165, 1.54) is 19.3 Å². The predicted molar refractivity (Wildman–Crippen MR) is 54.8 cm³/mol. The summed E-state index contributed by atoms with van der Waals surface area (Å²) in [5.74, 6) is 1.83. The molecule has 1 aliphatic carbocycles. The lowest BCUT2D eigenvalue weighted by molar-refractivity contribution is 0.482. The van der Waals surface area contributed by atoms with Gasteiger partial charge in [0.25, 0.3) is 0 Å². The van der Waals surface area contributed by atoms with Crippen LogP contribution in [0.4, 0.5) is 0 Å². The number of rotatable bonds is 1. The average Bonchev–Trinajstić information content (AvgIpc) is 2.64. The number of hydrogen-bond donors (Lipinski definition) is 2. The summed E-state index contributed by atoms with van der Waals surface area (Å²) in [4.78, 5) is 4.41. The van der Waals surface area contributed by atoms with Gasteiger partial charge in [-0.15, -0.1) is 0 Å². The Balaban J connectivity index is 1.84. The van der Waals surface area contributed by atoms with Crippen molar-refractivity contribution in [2.24, 2.45) is 10.9 Å². The lowest BCUT2D eigenvalue weighted by Crippen LogP contribution is -2.44. The van der Waals surface area contributed by atoms with Crippen LogP contribution in [-0.2, 0) is 0 Å². The zero-order chi connectivity index (χ0) is 9.26. The minimum Gasteiger partial charge on any atom is -0.353 e. The number of aliphatic imine (C=N–C) groups is 1. The Labute approximate surface area is 80.0 Å². The van der Waals surface area contributed by atoms with Gasteiger partial charge in [-0.1, -0.05) is 13.3 Å². The van der Waals surface area contributed by atoms with E-state index in [4.69, 9.17) is 0 Å². The summed E-state index contributed by atoms with van der Waals surface area (Å²) in [5, 5.41) is 6.84. The van der Waals surface area contributed by atoms with Crippen LogP contribution in [0.25, 0.3) is 0 Å². The van der Waals surface area contributed by atoms with Crippen LogP contribution >= 0.6 is 0 Å². The molecule has 2 N–H and O–H groups in total. The van der Waals surface area contributed by atoms with Gasteiger partial charge in [-0.2, -0.15) is 0 Å². The highest BCUT2D eigenvalue weighted by Gasteiger charge is 2.25. The molecule has 0 radical (unpaired) electrons. The van der Waals surface area contributed by atoms with E-state index in [1.807, 2.05) is 0 Å². The van der Waals surface area contributed by atoms with Gasteiger partial charge in [0.05, 0.1) is 6.54 Å². The van der Waals surface area contributed by atoms with Crippen molar-refractivity contribution < 1.29 is 0 Å². The highest BCUT2D eigenvalue weighted by Crippen LogP contribution is 2.24. The van der Waals surface area contributed by atoms with Crippen LogP contribution in [0.3, 0.4) is 0 Å². The maximum absolute atomic E-state index is 4.41. The van der Waals surface area contributed by atoms with Crippen molar-refractivity contribution in [3.05, 3.63) is 0 Å². The average molecular weight is 181 g/mol. The molecule has 3 heteroatoms. The molecular weight excluding hydrogens is 162 g/mol. The molecule has 2 rings (SSSR count). The number of guanidine groups is 1. The van der Waals surface area contributed by atoms with Crippen molar-refractivity contribution in [1.29, 1.82) is 0 Å². The minimum absolute atomic E-state index is 0.513. The fourth-order valence-electron chi connectivity index (χ4n) is 2.18. The third kappa shape index (κ3) is 1.95. The lowest BCUT2D eigenvalue weighted by atomic mass is 10.1. The van der Waals surface area contributed by atoms with Crippen LogP contribution in [0.1, 0.15) is 33.1 Å². The highest BCUT2D eigenvalue weighted by molar-refractivity contribution is 5.82. The molecule has 0 aromatic rings. The first kappa shape index (κ1) is 8.85. The zero-order valence-electron chi connectivity index (χ0n) is 8.51. The summed E-state index contributed by atoms with van der Waals surface area (Å²) >= 11 is 0. The molecule has 1 aliphatic heterocycles. The van der Waals surface area contributed by atoms with E-state index >= 15 is 0 Å². The first-order valence-electron chi connectivity index (χ1n) is 5.33. The van der Waals surface area contributed by atoms with Crippen LogP contribution in [0.15, 0.2) is 4.99 Å². The van der Waals surface area contributed by atoms with Crippen molar-refractivity contribution in [1.82, 2.24) is 10.6 Å². The predicted octanol–water partition coefficient (Wildman–Crippen LogP) is 1.11. The third-order valence-corrected chi connectivity index (χ3v) is 3.09. The topological polar surface area (TPSA) is 36.4 Å². The quantitative estimate of drug-likeness (QED) is 0.636. The van der Waals surface area contributed by atoms with E-state index in [2.05, 4.69) is 29.5 Å². The Kier molecular flexibility index (Phi) is 2.42. The van der Waals surface area contributed by atoms with Gasteiger partial charge in [0.2, 0.25) is 0 Å². The second-order valence-electron chi connectivity index (χ2n) is 4.39. The summed E-state index contributed by atoms with van der Waals surface area (Å²) in [6.07, 6.45) is 4.03. The molecule has 74 valence electrons. The fourth-order valence-corrected chi connectivity index (χ4v) is 2.18. The summed E-state index contributed by atoms with van der Waals surface area (Å²) in [7, 11) is 0. The summed E-state index contributed by atoms with van der Waals surface area (Å²) in [6.45, 7) is 5.41. The minimum atomic E-state index is 0.513. The van der Waals surface area contributed by atoms with Crippen LogP contribution in [0.2, 0.25) is 0 Å². The summed E-state index contributed by atoms with van der Waals surface area (Å²) in [5.41, 5.74) is 0. The molecule has 1 saturated carbocycles. The Morgan fingerprint density at radius 2 is 2.23 bits per heavy atom. The second kappa shape index (κ2) is 3.56. The maximum atomic E-state index is 4.41. The van der Waals surface area contributed by atoms with Gasteiger partial charge in [0, 0.05) is 12.1 Å². The summed E-state index contributed by atoms with van der Waals surface area (Å²) < 4.78 is 0. The molecule has 1 heterocycles. The first-order chi connectivity index (χ1) is 6.25. The van der Waals surface area contributed by atoms with Crippen molar-refractivity contribution in [2.45, 2.75) is 45.2 Å². The number of nitrogens with one attached hydrogen (secondary N) is 2. The lowest BCUT2D eigenvalue weighted by Gasteiger charge is -2.18. The fraction of sp³-hybridized carbons (Fsp3) is 0.900. The van der Waals surface area contributed by atoms with E-state index in [9.17, 15) is 0 Å². The van der Waals surface area contributed by atoms with Crippen LogP contribution in [-0.4, -0.2) is 24.6 Å². The molecule has 0 spiro atoms. The van der Waals surface area contributed by atoms with Gasteiger partial charge in [-0.3, -0.25) is 4.99 Å². The molecule has 0 bridgehead atoms. The van der Waals surface area contributed by atoms with Crippen molar-refractivity contribution >= 4 is 5.96 Å². The van der Waals surface area contributed by atoms with Gasteiger partial charge >= 0.3 is 0 Å². The third-order valence-electron chi connectivity index (χ3n) is 3.09. The van der Waals surface area contributed by atoms with E-state index in [0.717, 1.165) is 18.4 Å². The standard InChI is InChI=1S/C10H19N3/c1-7-4-3-5-9(7)13-10-11-6-8(2)12-10/h7-9H,3-6H2,1-2H3,(H2,11,12,13). The van der Waals surface area contributed by atoms with Crippen molar-refractivity contribution in [3.63, 3.8) is 0 Å². The van der Waals surface area contributed by atoms with Crippen molar-refractivity contribution in [2.75, 3.05) is 6.54 Å². The molecule has 3 unspecified atom stereocenters. The number of hydrogen-bond acceptors (Lipinski definition) is 3. The summed E-state index contributed by atoms with van der Waals surface area (Å²) in [6, 6.07) is 1.16. The van der Waals surface area contributed by atoms with Crippen molar-refractivity contribution in [3.8, 4) is 0 Å². The number of nitrogens with zero attached hydrogens (tertiary/aromatic N) is 1. The molecular formula is C10H19N3. The normalized spacial score (nSPS) is 38.6. The molecule has 0 saturated heterocycles. The van der Waals surface area contributed by atoms with Crippen LogP contribution in [0, 0.1) is 5.92 Å². The second-order valence-corrected chi connectivity index (χ2v) is 4.39. The molecule has 1 fully saturated rings. The Bertz CT molecular complexity index is 212. The smallest absolute Gasteiger partial charge is 0.191 e. The van der Waals surface area contributed by atoms with Gasteiger partial charge in [-0.25, -0.2) is 0 Å².